The molecule has 2 heterocycles. The van der Waals surface area contributed by atoms with Gasteiger partial charge in [0.05, 0.1) is 19.2 Å². The molecule has 0 bridgehead atoms. The number of H-pyrrole nitrogens is 1. The fourth-order valence-corrected chi connectivity index (χ4v) is 9.93. The minimum atomic E-state index is -0.899. The van der Waals surface area contributed by atoms with Gasteiger partial charge < -0.3 is 15.0 Å². The maximum Gasteiger partial charge on any atom is 0.268 e. The molecule has 1 amide bonds. The fraction of sp³-hybridized carbons (Fsp3) is 0.294. The number of benzene rings is 3. The zero-order valence-electron chi connectivity index (χ0n) is 23.9. The summed E-state index contributed by atoms with van der Waals surface area (Å²) < 4.78 is 5.30. The third-order valence-electron chi connectivity index (χ3n) is 8.38. The molecule has 41 heavy (non-hydrogen) atoms. The molecule has 1 aliphatic heterocycles. The van der Waals surface area contributed by atoms with E-state index in [1.54, 1.807) is 13.2 Å². The highest BCUT2D eigenvalue weighted by Crippen LogP contribution is 2.64. The predicted octanol–water partition coefficient (Wildman–Crippen LogP) is 8.14. The number of rotatable bonds is 7. The summed E-state index contributed by atoms with van der Waals surface area (Å²) in [5.74, 6) is 0.791. The number of hydrogen-bond acceptors (Lipinski definition) is 3. The first-order valence-electron chi connectivity index (χ1n) is 13.9. The van der Waals surface area contributed by atoms with Crippen LogP contribution in [0, 0.1) is 24.2 Å². The van der Waals surface area contributed by atoms with Gasteiger partial charge in [-0.2, -0.15) is 5.26 Å². The molecule has 3 unspecified atom stereocenters. The first-order chi connectivity index (χ1) is 19.8. The largest absolute Gasteiger partial charge is 0.497 e. The number of aromatic nitrogens is 1. The molecule has 1 fully saturated rings. The van der Waals surface area contributed by atoms with Gasteiger partial charge in [-0.15, -0.1) is 0 Å². The monoisotopic (exact) mass is 583 g/mol. The molecule has 0 aliphatic carbocycles. The van der Waals surface area contributed by atoms with Crippen LogP contribution >= 0.6 is 19.5 Å². The molecule has 4 atom stereocenters. The Balaban J connectivity index is 1.64. The lowest BCUT2D eigenvalue weighted by Crippen LogP contribution is -2.39. The number of carbonyl (C=O) groups excluding carboxylic acids is 1. The Morgan fingerprint density at radius 1 is 1.22 bits per heavy atom. The van der Waals surface area contributed by atoms with Gasteiger partial charge in [0.25, 0.3) is 5.91 Å². The average Bonchev–Trinajstić information content (AvgIpc) is 3.35. The van der Waals surface area contributed by atoms with Crippen LogP contribution in [-0.2, 0) is 5.16 Å². The normalized spacial score (nSPS) is 21.5. The number of hydrogen-bond donors (Lipinski definition) is 2. The molecule has 1 aliphatic rings. The van der Waals surface area contributed by atoms with Crippen LogP contribution in [0.4, 0.5) is 0 Å². The fourth-order valence-electron chi connectivity index (χ4n) is 6.14. The number of fused-ring (bicyclic) bond motifs is 1. The summed E-state index contributed by atoms with van der Waals surface area (Å²) in [4.78, 5) is 17.6. The van der Waals surface area contributed by atoms with Gasteiger partial charge in [-0.1, -0.05) is 74.5 Å². The van der Waals surface area contributed by atoms with E-state index in [2.05, 4.69) is 60.6 Å². The SMILES string of the molecule is COc1ccc(C(C)NC(=O)c2[nH]c3ccc(Cl)cc3c2[P@]2CCCC(C=CC#N)C2(C)c2cccc(C)c2)cc1. The highest BCUT2D eigenvalue weighted by molar-refractivity contribution is 7.67. The van der Waals surface area contributed by atoms with Crippen molar-refractivity contribution >= 4 is 41.6 Å². The van der Waals surface area contributed by atoms with Crippen molar-refractivity contribution < 1.29 is 9.53 Å². The van der Waals surface area contributed by atoms with Gasteiger partial charge in [0.2, 0.25) is 0 Å². The van der Waals surface area contributed by atoms with Crippen LogP contribution in [0.15, 0.2) is 78.9 Å². The average molecular weight is 584 g/mol. The van der Waals surface area contributed by atoms with Gasteiger partial charge in [0.1, 0.15) is 11.4 Å². The quantitative estimate of drug-likeness (QED) is 0.170. The summed E-state index contributed by atoms with van der Waals surface area (Å²) in [6, 6.07) is 24.3. The van der Waals surface area contributed by atoms with Crippen molar-refractivity contribution in [2.24, 2.45) is 5.92 Å². The number of nitrogens with zero attached hydrogens (tertiary/aromatic N) is 1. The van der Waals surface area contributed by atoms with Crippen LogP contribution in [0.3, 0.4) is 0 Å². The highest BCUT2D eigenvalue weighted by Gasteiger charge is 2.47. The number of nitriles is 1. The van der Waals surface area contributed by atoms with E-state index in [4.69, 9.17) is 16.3 Å². The molecular weight excluding hydrogens is 549 g/mol. The lowest BCUT2D eigenvalue weighted by Gasteiger charge is -2.48. The van der Waals surface area contributed by atoms with E-state index >= 15 is 0 Å². The lowest BCUT2D eigenvalue weighted by molar-refractivity contribution is 0.0937. The number of ether oxygens (including phenoxy) is 1. The van der Waals surface area contributed by atoms with Crippen molar-refractivity contribution in [3.8, 4) is 11.8 Å². The summed E-state index contributed by atoms with van der Waals surface area (Å²) in [6.07, 6.45) is 6.67. The van der Waals surface area contributed by atoms with E-state index in [1.807, 2.05) is 49.4 Å². The summed E-state index contributed by atoms with van der Waals surface area (Å²) in [5.41, 5.74) is 4.92. The van der Waals surface area contributed by atoms with Crippen molar-refractivity contribution in [3.05, 3.63) is 106 Å². The van der Waals surface area contributed by atoms with Gasteiger partial charge in [0.15, 0.2) is 0 Å². The Morgan fingerprint density at radius 3 is 2.71 bits per heavy atom. The van der Waals surface area contributed by atoms with Gasteiger partial charge in [-0.25, -0.2) is 0 Å². The van der Waals surface area contributed by atoms with E-state index in [1.165, 1.54) is 11.1 Å². The Hall–Kier alpha value is -3.58. The van der Waals surface area contributed by atoms with Gasteiger partial charge in [0, 0.05) is 32.5 Å². The summed E-state index contributed by atoms with van der Waals surface area (Å²) in [7, 11) is 0.742. The molecule has 210 valence electrons. The number of amides is 1. The van der Waals surface area contributed by atoms with E-state index in [9.17, 15) is 10.1 Å². The van der Waals surface area contributed by atoms with E-state index in [-0.39, 0.29) is 23.0 Å². The summed E-state index contributed by atoms with van der Waals surface area (Å²) >= 11 is 6.55. The summed E-state index contributed by atoms with van der Waals surface area (Å²) in [6.45, 7) is 6.43. The van der Waals surface area contributed by atoms with Crippen LogP contribution in [0.5, 0.6) is 5.75 Å². The number of aryl methyl sites for hydroxylation is 1. The molecule has 1 saturated heterocycles. The zero-order chi connectivity index (χ0) is 29.1. The minimum absolute atomic E-state index is 0.139. The predicted molar refractivity (Wildman–Crippen MR) is 170 cm³/mol. The van der Waals surface area contributed by atoms with Crippen molar-refractivity contribution in [2.75, 3.05) is 13.3 Å². The Morgan fingerprint density at radius 2 is 2.00 bits per heavy atom. The van der Waals surface area contributed by atoms with Crippen molar-refractivity contribution in [1.82, 2.24) is 10.3 Å². The molecule has 5 rings (SSSR count). The molecule has 4 aromatic rings. The van der Waals surface area contributed by atoms with Crippen LogP contribution in [0.1, 0.15) is 59.9 Å². The smallest absolute Gasteiger partial charge is 0.268 e. The third-order valence-corrected chi connectivity index (χ3v) is 12.1. The molecule has 0 spiro atoms. The number of allylic oxidation sites excluding steroid dienone is 2. The zero-order valence-corrected chi connectivity index (χ0v) is 25.5. The number of aromatic amines is 1. The molecular formula is C34H35ClN3O2P. The molecule has 1 aromatic heterocycles. The number of methoxy groups -OCH3 is 1. The first kappa shape index (κ1) is 28.9. The topological polar surface area (TPSA) is 77.9 Å². The van der Waals surface area contributed by atoms with Crippen molar-refractivity contribution in [3.63, 3.8) is 0 Å². The number of carbonyl (C=O) groups is 1. The highest BCUT2D eigenvalue weighted by atomic mass is 35.5. The second kappa shape index (κ2) is 12.1. The molecule has 3 aromatic carbocycles. The lowest BCUT2D eigenvalue weighted by atomic mass is 9.82. The summed E-state index contributed by atoms with van der Waals surface area (Å²) in [5, 5.41) is 15.0. The second-order valence-corrected chi connectivity index (χ2v) is 14.0. The second-order valence-electron chi connectivity index (χ2n) is 10.9. The van der Waals surface area contributed by atoms with Crippen LogP contribution in [0.2, 0.25) is 5.02 Å². The van der Waals surface area contributed by atoms with Crippen LogP contribution in [-0.4, -0.2) is 24.2 Å². The third kappa shape index (κ3) is 5.65. The molecule has 0 saturated carbocycles. The van der Waals surface area contributed by atoms with Gasteiger partial charge >= 0.3 is 0 Å². The van der Waals surface area contributed by atoms with E-state index in [0.29, 0.717) is 10.7 Å². The van der Waals surface area contributed by atoms with Crippen molar-refractivity contribution in [2.45, 2.75) is 44.8 Å². The minimum Gasteiger partial charge on any atom is -0.497 e. The van der Waals surface area contributed by atoms with Gasteiger partial charge in [-0.05, 0) is 80.2 Å². The maximum atomic E-state index is 14.1. The number of halogens is 1. The first-order valence-corrected chi connectivity index (χ1v) is 15.8. The molecule has 0 radical (unpaired) electrons. The van der Waals surface area contributed by atoms with Crippen LogP contribution < -0.4 is 15.4 Å². The molecule has 7 heteroatoms. The van der Waals surface area contributed by atoms with Crippen LogP contribution in [0.25, 0.3) is 10.9 Å². The Kier molecular flexibility index (Phi) is 8.55. The standard InChI is InChI=1S/C34H35ClN3O2P/c1-22-8-5-9-26(20-22)34(3)25(10-6-18-36)11-7-19-41(34)32-29-21-27(35)14-17-30(29)38-31(32)33(39)37-23(2)24-12-15-28(40-4)16-13-24/h5-6,8-10,12-17,20-21,23,25,38H,7,11,19H2,1-4H3,(H,37,39)/t23?,25?,34?,41-/m0/s1. The molecule has 2 N–H and O–H groups in total. The molecule has 5 nitrogen and oxygen atoms in total. The van der Waals surface area contributed by atoms with E-state index < -0.39 is 7.92 Å². The van der Waals surface area contributed by atoms with Crippen molar-refractivity contribution in [1.29, 1.82) is 5.26 Å². The maximum absolute atomic E-state index is 14.1. The Bertz CT molecular complexity index is 1640. The number of nitrogens with one attached hydrogen (secondary N) is 2. The van der Waals surface area contributed by atoms with E-state index in [0.717, 1.165) is 46.5 Å². The van der Waals surface area contributed by atoms with Gasteiger partial charge in [-0.3, -0.25) is 4.79 Å². The Labute approximate surface area is 248 Å².